The first kappa shape index (κ1) is 5.41. The Bertz CT molecular complexity index is 263. The highest BCUT2D eigenvalue weighted by molar-refractivity contribution is 6.03. The van der Waals surface area contributed by atoms with E-state index in [1.54, 1.807) is 0 Å². The zero-order valence-electron chi connectivity index (χ0n) is 5.29. The van der Waals surface area contributed by atoms with E-state index < -0.39 is 0 Å². The van der Waals surface area contributed by atoms with Crippen LogP contribution in [-0.2, 0) is 0 Å². The number of amides is 2. The first-order valence-corrected chi connectivity index (χ1v) is 3.15. The van der Waals surface area contributed by atoms with Gasteiger partial charge >= 0.3 is 6.03 Å². The standard InChI is InChI=1S/C7H6N2O/c10-7-8-5-3-1-2-4-6(5)9-7/h1-5H,(H,8,10)/p+1. The lowest BCUT2D eigenvalue weighted by Gasteiger charge is -1.99. The number of carbonyl (C=O) groups is 1. The number of carbonyl (C=O) groups excluding carboxylic acids is 1. The molecule has 10 heavy (non-hydrogen) atoms. The molecular weight excluding hydrogens is 128 g/mol. The second kappa shape index (κ2) is 1.80. The van der Waals surface area contributed by atoms with Crippen LogP contribution in [0.3, 0.4) is 0 Å². The van der Waals surface area contributed by atoms with Gasteiger partial charge < -0.3 is 0 Å². The number of allylic oxidation sites excluding steroid dienone is 2. The Balaban J connectivity index is 2.37. The molecule has 1 aliphatic heterocycles. The van der Waals surface area contributed by atoms with Gasteiger partial charge in [0.1, 0.15) is 0 Å². The molecule has 2 N–H and O–H groups in total. The van der Waals surface area contributed by atoms with Gasteiger partial charge in [0, 0.05) is 0 Å². The molecule has 3 heteroatoms. The molecule has 0 aromatic carbocycles. The normalized spacial score (nSPS) is 27.8. The highest BCUT2D eigenvalue weighted by Gasteiger charge is 2.29. The van der Waals surface area contributed by atoms with Gasteiger partial charge in [-0.15, -0.1) is 0 Å². The van der Waals surface area contributed by atoms with E-state index >= 15 is 0 Å². The minimum Gasteiger partial charge on any atom is -0.224 e. The fraction of sp³-hybridized carbons (Fsp3) is 0.143. The third-order valence-electron chi connectivity index (χ3n) is 1.57. The molecule has 1 atom stereocenters. The van der Waals surface area contributed by atoms with E-state index in [4.69, 9.17) is 0 Å². The van der Waals surface area contributed by atoms with Gasteiger partial charge in [0.05, 0.1) is 0 Å². The zero-order valence-corrected chi connectivity index (χ0v) is 5.29. The number of hydrogen-bond donors (Lipinski definition) is 2. The molecule has 1 unspecified atom stereocenters. The average molecular weight is 135 g/mol. The van der Waals surface area contributed by atoms with E-state index in [9.17, 15) is 4.79 Å². The van der Waals surface area contributed by atoms with Crippen molar-refractivity contribution in [3.8, 4) is 0 Å². The predicted molar refractivity (Wildman–Crippen MR) is 36.6 cm³/mol. The second-order valence-corrected chi connectivity index (χ2v) is 2.28. The summed E-state index contributed by atoms with van der Waals surface area (Å²) in [4.78, 5) is 13.4. The highest BCUT2D eigenvalue weighted by atomic mass is 16.2. The van der Waals surface area contributed by atoms with Crippen LogP contribution in [0.2, 0.25) is 0 Å². The molecule has 0 saturated carbocycles. The van der Waals surface area contributed by atoms with Crippen LogP contribution in [0.1, 0.15) is 0 Å². The van der Waals surface area contributed by atoms with Crippen molar-refractivity contribution in [2.75, 3.05) is 0 Å². The molecule has 2 amide bonds. The zero-order chi connectivity index (χ0) is 6.97. The van der Waals surface area contributed by atoms with E-state index in [0.29, 0.717) is 0 Å². The summed E-state index contributed by atoms with van der Waals surface area (Å²) in [6.07, 6.45) is 7.65. The van der Waals surface area contributed by atoms with Crippen molar-refractivity contribution in [3.63, 3.8) is 0 Å². The Morgan fingerprint density at radius 2 is 2.40 bits per heavy atom. The number of rotatable bonds is 0. The Morgan fingerprint density at radius 3 is 3.20 bits per heavy atom. The molecule has 0 radical (unpaired) electrons. The number of hydrogen-bond acceptors (Lipinski definition) is 1. The molecule has 1 aliphatic carbocycles. The van der Waals surface area contributed by atoms with Gasteiger partial charge in [0.25, 0.3) is 0 Å². The number of fused-ring (bicyclic) bond motifs is 1. The van der Waals surface area contributed by atoms with Crippen molar-refractivity contribution in [2.45, 2.75) is 6.04 Å². The van der Waals surface area contributed by atoms with E-state index in [0.717, 1.165) is 5.71 Å². The topological polar surface area (TPSA) is 43.1 Å². The quantitative estimate of drug-likeness (QED) is 0.427. The summed E-state index contributed by atoms with van der Waals surface area (Å²) in [5.74, 6) is 0. The summed E-state index contributed by atoms with van der Waals surface area (Å²) in [5, 5.41) is 2.73. The molecule has 1 heterocycles. The molecule has 0 aromatic heterocycles. The minimum atomic E-state index is -0.115. The summed E-state index contributed by atoms with van der Waals surface area (Å²) in [7, 11) is 0. The Hall–Kier alpha value is -1.38. The molecule has 0 aromatic rings. The van der Waals surface area contributed by atoms with Gasteiger partial charge in [-0.25, -0.2) is 10.3 Å². The van der Waals surface area contributed by atoms with Gasteiger partial charge in [0.15, 0.2) is 11.8 Å². The van der Waals surface area contributed by atoms with Crippen molar-refractivity contribution >= 4 is 11.7 Å². The molecule has 2 rings (SSSR count). The maximum atomic E-state index is 10.7. The van der Waals surface area contributed by atoms with Crippen LogP contribution in [0.25, 0.3) is 0 Å². The third kappa shape index (κ3) is 0.673. The summed E-state index contributed by atoms with van der Waals surface area (Å²) < 4.78 is 0. The molecule has 0 bridgehead atoms. The molecule has 0 spiro atoms. The first-order valence-electron chi connectivity index (χ1n) is 3.15. The van der Waals surface area contributed by atoms with Crippen molar-refractivity contribution in [1.29, 1.82) is 0 Å². The van der Waals surface area contributed by atoms with Crippen LogP contribution < -0.4 is 10.3 Å². The summed E-state index contributed by atoms with van der Waals surface area (Å²) in [6.45, 7) is 0. The number of nitrogens with one attached hydrogen (secondary N) is 2. The molecular formula is C7H7N2O+. The Morgan fingerprint density at radius 1 is 1.50 bits per heavy atom. The van der Waals surface area contributed by atoms with Crippen LogP contribution >= 0.6 is 0 Å². The maximum absolute atomic E-state index is 10.7. The van der Waals surface area contributed by atoms with Crippen molar-refractivity contribution in [1.82, 2.24) is 5.32 Å². The Labute approximate surface area is 58.1 Å². The first-order chi connectivity index (χ1) is 4.86. The van der Waals surface area contributed by atoms with E-state index in [2.05, 4.69) is 10.3 Å². The van der Waals surface area contributed by atoms with Crippen LogP contribution in [0.4, 0.5) is 4.79 Å². The molecule has 0 fully saturated rings. The van der Waals surface area contributed by atoms with E-state index in [1.165, 1.54) is 0 Å². The number of urea groups is 1. The van der Waals surface area contributed by atoms with Crippen molar-refractivity contribution in [3.05, 3.63) is 24.3 Å². The van der Waals surface area contributed by atoms with E-state index in [1.807, 2.05) is 24.3 Å². The predicted octanol–water partition coefficient (Wildman–Crippen LogP) is -1.27. The van der Waals surface area contributed by atoms with Crippen molar-refractivity contribution in [2.24, 2.45) is 0 Å². The summed E-state index contributed by atoms with van der Waals surface area (Å²) >= 11 is 0. The molecule has 3 nitrogen and oxygen atoms in total. The lowest BCUT2D eigenvalue weighted by molar-refractivity contribution is -0.334. The monoisotopic (exact) mass is 135 g/mol. The van der Waals surface area contributed by atoms with Gasteiger partial charge in [0.2, 0.25) is 0 Å². The fourth-order valence-electron chi connectivity index (χ4n) is 1.10. The summed E-state index contributed by atoms with van der Waals surface area (Å²) in [6, 6.07) is -0.0336. The summed E-state index contributed by atoms with van der Waals surface area (Å²) in [5.41, 5.74) is 0.938. The molecule has 50 valence electrons. The van der Waals surface area contributed by atoms with Crippen LogP contribution in [0.15, 0.2) is 24.3 Å². The minimum absolute atomic E-state index is 0.0810. The van der Waals surface area contributed by atoms with Crippen LogP contribution in [0, 0.1) is 0 Å². The lowest BCUT2D eigenvalue weighted by atomic mass is 10.1. The maximum Gasteiger partial charge on any atom is 0.490 e. The second-order valence-electron chi connectivity index (χ2n) is 2.28. The van der Waals surface area contributed by atoms with Gasteiger partial charge in [-0.05, 0) is 12.2 Å². The largest absolute Gasteiger partial charge is 0.490 e. The molecule has 0 saturated heterocycles. The van der Waals surface area contributed by atoms with Gasteiger partial charge in [-0.1, -0.05) is 12.2 Å². The molecule has 2 aliphatic rings. The van der Waals surface area contributed by atoms with Crippen molar-refractivity contribution < 1.29 is 9.79 Å². The Kier molecular flexibility index (Phi) is 0.974. The average Bonchev–Trinajstić information content (AvgIpc) is 2.27. The SMILES string of the molecule is O=C1NC2C=CC=CC2=[NH+]1. The third-order valence-corrected chi connectivity index (χ3v) is 1.57. The highest BCUT2D eigenvalue weighted by Crippen LogP contribution is 1.98. The van der Waals surface area contributed by atoms with E-state index in [-0.39, 0.29) is 12.1 Å². The fourth-order valence-corrected chi connectivity index (χ4v) is 1.10. The van der Waals surface area contributed by atoms with Crippen LogP contribution in [0.5, 0.6) is 0 Å². The van der Waals surface area contributed by atoms with Gasteiger partial charge in [-0.3, -0.25) is 0 Å². The smallest absolute Gasteiger partial charge is 0.224 e. The lowest BCUT2D eigenvalue weighted by Crippen LogP contribution is -2.74. The van der Waals surface area contributed by atoms with Crippen LogP contribution in [-0.4, -0.2) is 17.8 Å². The van der Waals surface area contributed by atoms with Gasteiger partial charge in [-0.2, -0.15) is 4.79 Å².